The summed E-state index contributed by atoms with van der Waals surface area (Å²) in [5, 5.41) is 1.46. The Morgan fingerprint density at radius 3 is 2.50 bits per heavy atom. The highest BCUT2D eigenvalue weighted by Gasteiger charge is 2.08. The molecule has 0 fully saturated rings. The number of hydrogen-bond acceptors (Lipinski definition) is 1. The predicted molar refractivity (Wildman–Crippen MR) is 72.1 cm³/mol. The molecule has 0 radical (unpaired) electrons. The van der Waals surface area contributed by atoms with Crippen molar-refractivity contribution in [2.24, 2.45) is 0 Å². The molecule has 18 heavy (non-hydrogen) atoms. The molecule has 0 aliphatic carbocycles. The van der Waals surface area contributed by atoms with Crippen LogP contribution in [-0.4, -0.2) is 4.98 Å². The van der Waals surface area contributed by atoms with Crippen LogP contribution in [-0.2, 0) is 0 Å². The largest absolute Gasteiger partial charge is 0.248 e. The van der Waals surface area contributed by atoms with Crippen LogP contribution in [0.15, 0.2) is 54.6 Å². The topological polar surface area (TPSA) is 12.9 Å². The van der Waals surface area contributed by atoms with E-state index >= 15 is 0 Å². The predicted octanol–water partition coefficient (Wildman–Crippen LogP) is 4.69. The van der Waals surface area contributed by atoms with Gasteiger partial charge in [0.2, 0.25) is 0 Å². The van der Waals surface area contributed by atoms with E-state index in [4.69, 9.17) is 11.6 Å². The van der Waals surface area contributed by atoms with Gasteiger partial charge in [0.1, 0.15) is 5.82 Å². The van der Waals surface area contributed by atoms with Crippen LogP contribution < -0.4 is 0 Å². The summed E-state index contributed by atoms with van der Waals surface area (Å²) in [6, 6.07) is 15.8. The van der Waals surface area contributed by atoms with E-state index in [-0.39, 0.29) is 5.82 Å². The maximum atomic E-state index is 13.7. The molecule has 3 heteroatoms. The quantitative estimate of drug-likeness (QED) is 0.616. The number of halogens is 2. The minimum Gasteiger partial charge on any atom is -0.248 e. The molecule has 1 aromatic heterocycles. The van der Waals surface area contributed by atoms with Gasteiger partial charge >= 0.3 is 0 Å². The van der Waals surface area contributed by atoms with Gasteiger partial charge in [0.25, 0.3) is 0 Å². The molecule has 1 nitrogen and oxygen atoms in total. The van der Waals surface area contributed by atoms with Gasteiger partial charge in [-0.05, 0) is 24.3 Å². The van der Waals surface area contributed by atoms with Gasteiger partial charge < -0.3 is 0 Å². The highest BCUT2D eigenvalue weighted by Crippen LogP contribution is 2.28. The summed E-state index contributed by atoms with van der Waals surface area (Å²) in [6.45, 7) is 0. The molecule has 0 saturated carbocycles. The second-order valence-electron chi connectivity index (χ2n) is 3.99. The average molecular weight is 258 g/mol. The third kappa shape index (κ3) is 1.85. The number of nitrogens with zero attached hydrogens (tertiary/aromatic N) is 1. The molecule has 88 valence electrons. The third-order valence-electron chi connectivity index (χ3n) is 2.82. The summed E-state index contributed by atoms with van der Waals surface area (Å²) in [4.78, 5) is 4.44. The zero-order valence-corrected chi connectivity index (χ0v) is 10.2. The Labute approximate surface area is 109 Å². The van der Waals surface area contributed by atoms with Gasteiger partial charge in [0.05, 0.1) is 16.2 Å². The molecule has 0 atom stereocenters. The van der Waals surface area contributed by atoms with E-state index in [2.05, 4.69) is 4.98 Å². The number of aromatic nitrogens is 1. The second kappa shape index (κ2) is 4.39. The summed E-state index contributed by atoms with van der Waals surface area (Å²) in [5.41, 5.74) is 1.78. The van der Waals surface area contributed by atoms with Crippen molar-refractivity contribution in [3.8, 4) is 11.3 Å². The fourth-order valence-electron chi connectivity index (χ4n) is 1.94. The van der Waals surface area contributed by atoms with Crippen LogP contribution >= 0.6 is 11.6 Å². The Balaban J connectivity index is 2.28. The van der Waals surface area contributed by atoms with E-state index in [0.29, 0.717) is 16.3 Å². The fraction of sp³-hybridized carbons (Fsp3) is 0. The van der Waals surface area contributed by atoms with Gasteiger partial charge in [-0.2, -0.15) is 0 Å². The van der Waals surface area contributed by atoms with Crippen LogP contribution in [0.25, 0.3) is 22.2 Å². The van der Waals surface area contributed by atoms with Crippen LogP contribution in [0.4, 0.5) is 4.39 Å². The molecule has 0 saturated heterocycles. The lowest BCUT2D eigenvalue weighted by Gasteiger charge is -2.06. The molecule has 0 bridgehead atoms. The molecule has 3 rings (SSSR count). The van der Waals surface area contributed by atoms with E-state index in [1.807, 2.05) is 24.3 Å². The summed E-state index contributed by atoms with van der Waals surface area (Å²) in [7, 11) is 0. The van der Waals surface area contributed by atoms with Crippen LogP contribution in [0.3, 0.4) is 0 Å². The number of pyridine rings is 1. The van der Waals surface area contributed by atoms with Crippen molar-refractivity contribution in [2.75, 3.05) is 0 Å². The fourth-order valence-corrected chi connectivity index (χ4v) is 2.20. The minimum absolute atomic E-state index is 0.295. The summed E-state index contributed by atoms with van der Waals surface area (Å²) >= 11 is 6.20. The molecule has 0 spiro atoms. The van der Waals surface area contributed by atoms with Crippen molar-refractivity contribution >= 4 is 22.5 Å². The molecule has 0 unspecified atom stereocenters. The molecule has 0 N–H and O–H groups in total. The molecule has 0 aliphatic rings. The number of rotatable bonds is 1. The lowest BCUT2D eigenvalue weighted by Crippen LogP contribution is -1.89. The van der Waals surface area contributed by atoms with Gasteiger partial charge in [-0.3, -0.25) is 0 Å². The van der Waals surface area contributed by atoms with Crippen molar-refractivity contribution in [3.63, 3.8) is 0 Å². The van der Waals surface area contributed by atoms with Crippen molar-refractivity contribution < 1.29 is 4.39 Å². The first kappa shape index (κ1) is 11.2. The first-order valence-corrected chi connectivity index (χ1v) is 5.94. The Bertz CT molecular complexity index is 725. The second-order valence-corrected chi connectivity index (χ2v) is 4.39. The standard InChI is InChI=1S/C15H9ClFN/c16-12-9-15(11-6-1-3-7-13(11)17)18-14-8-4-2-5-10(12)14/h1-9H. The Hall–Kier alpha value is -1.93. The Kier molecular flexibility index (Phi) is 2.73. The van der Waals surface area contributed by atoms with Crippen molar-refractivity contribution in [1.29, 1.82) is 0 Å². The minimum atomic E-state index is -0.295. The lowest BCUT2D eigenvalue weighted by atomic mass is 10.1. The first-order chi connectivity index (χ1) is 8.75. The Morgan fingerprint density at radius 1 is 0.944 bits per heavy atom. The van der Waals surface area contributed by atoms with Crippen molar-refractivity contribution in [1.82, 2.24) is 4.98 Å². The van der Waals surface area contributed by atoms with Gasteiger partial charge in [-0.15, -0.1) is 0 Å². The van der Waals surface area contributed by atoms with Gasteiger partial charge in [-0.25, -0.2) is 9.37 Å². The zero-order valence-electron chi connectivity index (χ0n) is 9.40. The van der Waals surface area contributed by atoms with E-state index in [1.54, 1.807) is 24.3 Å². The Morgan fingerprint density at radius 2 is 1.67 bits per heavy atom. The van der Waals surface area contributed by atoms with E-state index < -0.39 is 0 Å². The summed E-state index contributed by atoms with van der Waals surface area (Å²) < 4.78 is 13.7. The maximum absolute atomic E-state index is 13.7. The maximum Gasteiger partial charge on any atom is 0.132 e. The summed E-state index contributed by atoms with van der Waals surface area (Å²) in [6.07, 6.45) is 0. The van der Waals surface area contributed by atoms with Gasteiger partial charge in [0.15, 0.2) is 0 Å². The van der Waals surface area contributed by atoms with Crippen LogP contribution in [0.1, 0.15) is 0 Å². The molecule has 2 aromatic carbocycles. The van der Waals surface area contributed by atoms with Crippen LogP contribution in [0.5, 0.6) is 0 Å². The molecule has 0 aliphatic heterocycles. The number of benzene rings is 2. The third-order valence-corrected chi connectivity index (χ3v) is 3.13. The number of fused-ring (bicyclic) bond motifs is 1. The molecular formula is C15H9ClFN. The van der Waals surface area contributed by atoms with E-state index in [9.17, 15) is 4.39 Å². The smallest absolute Gasteiger partial charge is 0.132 e. The van der Waals surface area contributed by atoms with Crippen molar-refractivity contribution in [3.05, 3.63) is 65.4 Å². The molecule has 0 amide bonds. The zero-order chi connectivity index (χ0) is 12.5. The van der Waals surface area contributed by atoms with E-state index in [1.165, 1.54) is 6.07 Å². The number of hydrogen-bond donors (Lipinski definition) is 0. The monoisotopic (exact) mass is 257 g/mol. The molecule has 3 aromatic rings. The lowest BCUT2D eigenvalue weighted by molar-refractivity contribution is 0.631. The van der Waals surface area contributed by atoms with E-state index in [0.717, 1.165) is 10.9 Å². The highest BCUT2D eigenvalue weighted by atomic mass is 35.5. The first-order valence-electron chi connectivity index (χ1n) is 5.56. The SMILES string of the molecule is Fc1ccccc1-c1cc(Cl)c2ccccc2n1. The highest BCUT2D eigenvalue weighted by molar-refractivity contribution is 6.35. The average Bonchev–Trinajstić information content (AvgIpc) is 2.39. The molecular weight excluding hydrogens is 249 g/mol. The number of para-hydroxylation sites is 1. The normalized spacial score (nSPS) is 10.8. The van der Waals surface area contributed by atoms with Gasteiger partial charge in [0, 0.05) is 10.9 Å². The summed E-state index contributed by atoms with van der Waals surface area (Å²) in [5.74, 6) is -0.295. The van der Waals surface area contributed by atoms with Crippen LogP contribution in [0, 0.1) is 5.82 Å². The van der Waals surface area contributed by atoms with Crippen LogP contribution in [0.2, 0.25) is 5.02 Å². The molecule has 1 heterocycles. The van der Waals surface area contributed by atoms with Gasteiger partial charge in [-0.1, -0.05) is 41.9 Å². The van der Waals surface area contributed by atoms with Crippen molar-refractivity contribution in [2.45, 2.75) is 0 Å².